The molecular formula is C12H12ClNO. The van der Waals surface area contributed by atoms with Gasteiger partial charge in [-0.2, -0.15) is 0 Å². The minimum absolute atomic E-state index is 0.0280. The number of aromatic amines is 1. The van der Waals surface area contributed by atoms with Gasteiger partial charge in [-0.3, -0.25) is 4.79 Å². The molecule has 3 heteroatoms. The predicted molar refractivity (Wildman–Crippen MR) is 63.7 cm³/mol. The molecule has 1 heterocycles. The Labute approximate surface area is 92.9 Å². The van der Waals surface area contributed by atoms with Crippen LogP contribution in [0.3, 0.4) is 0 Å². The van der Waals surface area contributed by atoms with Crippen molar-refractivity contribution in [2.24, 2.45) is 0 Å². The van der Waals surface area contributed by atoms with Crippen molar-refractivity contribution in [2.75, 3.05) is 0 Å². The van der Waals surface area contributed by atoms with E-state index in [2.05, 4.69) is 4.98 Å². The molecule has 2 rings (SSSR count). The van der Waals surface area contributed by atoms with Gasteiger partial charge in [0.15, 0.2) is 0 Å². The molecule has 0 bridgehead atoms. The van der Waals surface area contributed by atoms with Crippen LogP contribution in [0, 0.1) is 0 Å². The minimum Gasteiger partial charge on any atom is -0.322 e. The maximum atomic E-state index is 11.7. The molecule has 1 aromatic carbocycles. The van der Waals surface area contributed by atoms with Gasteiger partial charge in [0.1, 0.15) is 0 Å². The van der Waals surface area contributed by atoms with E-state index in [1.807, 2.05) is 38.1 Å². The molecular weight excluding hydrogens is 210 g/mol. The van der Waals surface area contributed by atoms with Gasteiger partial charge in [0.25, 0.3) is 5.56 Å². The first-order valence-corrected chi connectivity index (χ1v) is 5.29. The predicted octanol–water partition coefficient (Wildman–Crippen LogP) is 3.30. The lowest BCUT2D eigenvalue weighted by Gasteiger charge is -2.06. The highest BCUT2D eigenvalue weighted by molar-refractivity contribution is 6.35. The number of nitrogens with one attached hydrogen (secondary N) is 1. The number of hydrogen-bond acceptors (Lipinski definition) is 1. The second kappa shape index (κ2) is 3.70. The van der Waals surface area contributed by atoms with Crippen molar-refractivity contribution in [2.45, 2.75) is 19.8 Å². The van der Waals surface area contributed by atoms with Crippen LogP contribution in [0.2, 0.25) is 5.02 Å². The maximum Gasteiger partial charge on any atom is 0.251 e. The third kappa shape index (κ3) is 1.77. The van der Waals surface area contributed by atoms with Crippen molar-refractivity contribution in [3.8, 4) is 0 Å². The second-order valence-corrected chi connectivity index (χ2v) is 4.32. The molecule has 0 spiro atoms. The van der Waals surface area contributed by atoms with Crippen LogP contribution >= 0.6 is 11.6 Å². The SMILES string of the molecule is CC(C)c1cc2c(Cl)cccc2[nH]c1=O. The average Bonchev–Trinajstić information content (AvgIpc) is 2.16. The van der Waals surface area contributed by atoms with Gasteiger partial charge in [-0.05, 0) is 24.1 Å². The molecule has 0 atom stereocenters. The second-order valence-electron chi connectivity index (χ2n) is 3.91. The molecule has 0 aliphatic carbocycles. The van der Waals surface area contributed by atoms with Gasteiger partial charge in [0.05, 0.1) is 0 Å². The Morgan fingerprint density at radius 3 is 2.73 bits per heavy atom. The monoisotopic (exact) mass is 221 g/mol. The molecule has 1 aromatic heterocycles. The van der Waals surface area contributed by atoms with Crippen molar-refractivity contribution in [3.63, 3.8) is 0 Å². The van der Waals surface area contributed by atoms with E-state index in [4.69, 9.17) is 11.6 Å². The van der Waals surface area contributed by atoms with Crippen LogP contribution in [0.4, 0.5) is 0 Å². The van der Waals surface area contributed by atoms with E-state index in [1.165, 1.54) is 0 Å². The number of aromatic nitrogens is 1. The van der Waals surface area contributed by atoms with E-state index in [0.717, 1.165) is 16.5 Å². The molecule has 0 aliphatic rings. The normalized spacial score (nSPS) is 11.2. The van der Waals surface area contributed by atoms with Gasteiger partial charge < -0.3 is 4.98 Å². The van der Waals surface area contributed by atoms with Crippen molar-refractivity contribution < 1.29 is 0 Å². The summed E-state index contributed by atoms with van der Waals surface area (Å²) in [5, 5.41) is 1.58. The van der Waals surface area contributed by atoms with Crippen LogP contribution in [0.15, 0.2) is 29.1 Å². The third-order valence-electron chi connectivity index (χ3n) is 2.49. The summed E-state index contributed by atoms with van der Waals surface area (Å²) in [6.07, 6.45) is 0. The van der Waals surface area contributed by atoms with Crippen LogP contribution in [0.5, 0.6) is 0 Å². The van der Waals surface area contributed by atoms with Gasteiger partial charge in [0.2, 0.25) is 0 Å². The standard InChI is InChI=1S/C12H12ClNO/c1-7(2)8-6-9-10(13)4-3-5-11(9)14-12(8)15/h3-7H,1-2H3,(H,14,15). The highest BCUT2D eigenvalue weighted by Gasteiger charge is 2.07. The first kappa shape index (κ1) is 10.2. The van der Waals surface area contributed by atoms with Crippen molar-refractivity contribution in [1.29, 1.82) is 0 Å². The highest BCUT2D eigenvalue weighted by Crippen LogP contribution is 2.23. The lowest BCUT2D eigenvalue weighted by molar-refractivity contribution is 0.849. The zero-order chi connectivity index (χ0) is 11.0. The molecule has 15 heavy (non-hydrogen) atoms. The smallest absolute Gasteiger partial charge is 0.251 e. The first-order chi connectivity index (χ1) is 7.09. The molecule has 2 nitrogen and oxygen atoms in total. The molecule has 0 saturated carbocycles. The molecule has 0 radical (unpaired) electrons. The number of H-pyrrole nitrogens is 1. The fourth-order valence-electron chi connectivity index (χ4n) is 1.64. The molecule has 0 aliphatic heterocycles. The molecule has 2 aromatic rings. The number of halogens is 1. The summed E-state index contributed by atoms with van der Waals surface area (Å²) in [6, 6.07) is 7.38. The van der Waals surface area contributed by atoms with E-state index in [9.17, 15) is 4.79 Å². The summed E-state index contributed by atoms with van der Waals surface area (Å²) < 4.78 is 0. The zero-order valence-corrected chi connectivity index (χ0v) is 9.43. The van der Waals surface area contributed by atoms with E-state index >= 15 is 0 Å². The average molecular weight is 222 g/mol. The molecule has 1 N–H and O–H groups in total. The fraction of sp³-hybridized carbons (Fsp3) is 0.250. The number of benzene rings is 1. The summed E-state index contributed by atoms with van der Waals surface area (Å²) in [5.41, 5.74) is 1.53. The highest BCUT2D eigenvalue weighted by atomic mass is 35.5. The van der Waals surface area contributed by atoms with Crippen molar-refractivity contribution in [1.82, 2.24) is 4.98 Å². The molecule has 0 saturated heterocycles. The maximum absolute atomic E-state index is 11.7. The van der Waals surface area contributed by atoms with Crippen LogP contribution in [-0.4, -0.2) is 4.98 Å². The zero-order valence-electron chi connectivity index (χ0n) is 8.67. The topological polar surface area (TPSA) is 32.9 Å². The lowest BCUT2D eigenvalue weighted by atomic mass is 10.0. The number of rotatable bonds is 1. The Balaban J connectivity index is 2.84. The lowest BCUT2D eigenvalue weighted by Crippen LogP contribution is -2.13. The van der Waals surface area contributed by atoms with Crippen LogP contribution in [-0.2, 0) is 0 Å². The van der Waals surface area contributed by atoms with Gasteiger partial charge in [-0.15, -0.1) is 0 Å². The summed E-state index contributed by atoms with van der Waals surface area (Å²) in [4.78, 5) is 14.5. The Hall–Kier alpha value is -1.28. The third-order valence-corrected chi connectivity index (χ3v) is 2.81. The Morgan fingerprint density at radius 1 is 1.33 bits per heavy atom. The van der Waals surface area contributed by atoms with E-state index in [0.29, 0.717) is 5.02 Å². The summed E-state index contributed by atoms with van der Waals surface area (Å²) in [7, 11) is 0. The van der Waals surface area contributed by atoms with Crippen LogP contribution in [0.25, 0.3) is 10.9 Å². The number of hydrogen-bond donors (Lipinski definition) is 1. The van der Waals surface area contributed by atoms with Gasteiger partial charge in [-0.25, -0.2) is 0 Å². The summed E-state index contributed by atoms with van der Waals surface area (Å²) >= 11 is 6.06. The van der Waals surface area contributed by atoms with E-state index in [1.54, 1.807) is 0 Å². The van der Waals surface area contributed by atoms with E-state index in [-0.39, 0.29) is 11.5 Å². The van der Waals surface area contributed by atoms with Gasteiger partial charge in [-0.1, -0.05) is 31.5 Å². The fourth-order valence-corrected chi connectivity index (χ4v) is 1.87. The Morgan fingerprint density at radius 2 is 2.07 bits per heavy atom. The van der Waals surface area contributed by atoms with Crippen LogP contribution < -0.4 is 5.56 Å². The Bertz CT molecular complexity index is 557. The Kier molecular flexibility index (Phi) is 2.53. The van der Waals surface area contributed by atoms with Crippen molar-refractivity contribution >= 4 is 22.5 Å². The molecule has 0 amide bonds. The number of pyridine rings is 1. The summed E-state index contributed by atoms with van der Waals surface area (Å²) in [6.45, 7) is 3.99. The first-order valence-electron chi connectivity index (χ1n) is 4.91. The van der Waals surface area contributed by atoms with Crippen molar-refractivity contribution in [3.05, 3.63) is 45.2 Å². The molecule has 0 fully saturated rings. The quantitative estimate of drug-likeness (QED) is 0.788. The number of fused-ring (bicyclic) bond motifs is 1. The molecule has 0 unspecified atom stereocenters. The van der Waals surface area contributed by atoms with E-state index < -0.39 is 0 Å². The summed E-state index contributed by atoms with van der Waals surface area (Å²) in [5.74, 6) is 0.203. The van der Waals surface area contributed by atoms with Crippen LogP contribution in [0.1, 0.15) is 25.3 Å². The largest absolute Gasteiger partial charge is 0.322 e. The minimum atomic E-state index is -0.0280. The molecule has 78 valence electrons. The van der Waals surface area contributed by atoms with Gasteiger partial charge in [0, 0.05) is 21.5 Å². The van der Waals surface area contributed by atoms with Gasteiger partial charge >= 0.3 is 0 Å².